The molecule has 180 valence electrons. The molecule has 9 heteroatoms. The highest BCUT2D eigenvalue weighted by Crippen LogP contribution is 2.35. The summed E-state index contributed by atoms with van der Waals surface area (Å²) in [4.78, 5) is 33.5. The van der Waals surface area contributed by atoms with Gasteiger partial charge in [-0.15, -0.1) is 11.3 Å². The van der Waals surface area contributed by atoms with Crippen LogP contribution in [0.15, 0.2) is 46.8 Å². The second-order valence-corrected chi connectivity index (χ2v) is 10.5. The highest BCUT2D eigenvalue weighted by molar-refractivity contribution is 8.00. The number of thiazole rings is 1. The zero-order valence-corrected chi connectivity index (χ0v) is 21.2. The summed E-state index contributed by atoms with van der Waals surface area (Å²) in [5, 5.41) is 14.8. The van der Waals surface area contributed by atoms with Crippen molar-refractivity contribution in [3.8, 4) is 6.07 Å². The number of fused-ring (bicyclic) bond motifs is 1. The SMILES string of the molecule is CCOC(=O)Cc1csc(NC(=O)C(C)Sc2nc3c(cc2C#N)CC(c2ccccc2)CC3)n1. The van der Waals surface area contributed by atoms with Crippen molar-refractivity contribution in [2.75, 3.05) is 11.9 Å². The third-order valence-corrected chi connectivity index (χ3v) is 7.72. The number of aromatic nitrogens is 2. The fourth-order valence-electron chi connectivity index (χ4n) is 4.06. The van der Waals surface area contributed by atoms with Gasteiger partial charge in [-0.05, 0) is 56.2 Å². The number of esters is 1. The number of hydrogen-bond donors (Lipinski definition) is 1. The maximum Gasteiger partial charge on any atom is 0.311 e. The highest BCUT2D eigenvalue weighted by Gasteiger charge is 2.25. The molecule has 0 radical (unpaired) electrons. The Balaban J connectivity index is 1.41. The van der Waals surface area contributed by atoms with Gasteiger partial charge in [0.15, 0.2) is 5.13 Å². The molecular weight excluding hydrogens is 480 g/mol. The standard InChI is InChI=1S/C26H26N4O3S2/c1-3-33-23(31)13-21-15-34-26(28-21)30-24(32)16(2)35-25-20(14-27)12-19-11-18(9-10-22(19)29-25)17-7-5-4-6-8-17/h4-8,12,15-16,18H,3,9-11,13H2,1-2H3,(H,28,30,32). The number of benzene rings is 1. The average Bonchev–Trinajstić information content (AvgIpc) is 3.30. The van der Waals surface area contributed by atoms with Gasteiger partial charge in [0.1, 0.15) is 11.1 Å². The van der Waals surface area contributed by atoms with Crippen molar-refractivity contribution in [2.24, 2.45) is 0 Å². The lowest BCUT2D eigenvalue weighted by molar-refractivity contribution is -0.142. The van der Waals surface area contributed by atoms with Crippen LogP contribution in [0.5, 0.6) is 0 Å². The number of carbonyl (C=O) groups excluding carboxylic acids is 2. The molecule has 2 aromatic heterocycles. The lowest BCUT2D eigenvalue weighted by Crippen LogP contribution is -2.23. The van der Waals surface area contributed by atoms with Gasteiger partial charge in [-0.25, -0.2) is 9.97 Å². The van der Waals surface area contributed by atoms with Gasteiger partial charge in [-0.1, -0.05) is 42.1 Å². The molecule has 3 aromatic rings. The van der Waals surface area contributed by atoms with Gasteiger partial charge in [0.25, 0.3) is 0 Å². The van der Waals surface area contributed by atoms with Crippen molar-refractivity contribution < 1.29 is 14.3 Å². The smallest absolute Gasteiger partial charge is 0.311 e. The quantitative estimate of drug-likeness (QED) is 0.342. The van der Waals surface area contributed by atoms with Crippen molar-refractivity contribution in [1.82, 2.24) is 9.97 Å². The fourth-order valence-corrected chi connectivity index (χ4v) is 5.67. The third kappa shape index (κ3) is 6.27. The van der Waals surface area contributed by atoms with Crippen LogP contribution < -0.4 is 5.32 Å². The van der Waals surface area contributed by atoms with E-state index >= 15 is 0 Å². The van der Waals surface area contributed by atoms with Gasteiger partial charge < -0.3 is 10.1 Å². The molecule has 0 saturated carbocycles. The van der Waals surface area contributed by atoms with Gasteiger partial charge in [0.2, 0.25) is 5.91 Å². The highest BCUT2D eigenvalue weighted by atomic mass is 32.2. The predicted molar refractivity (Wildman–Crippen MR) is 137 cm³/mol. The molecule has 2 heterocycles. The first kappa shape index (κ1) is 24.9. The fraction of sp³-hybridized carbons (Fsp3) is 0.346. The van der Waals surface area contributed by atoms with E-state index in [4.69, 9.17) is 9.72 Å². The zero-order valence-electron chi connectivity index (χ0n) is 19.6. The lowest BCUT2D eigenvalue weighted by Gasteiger charge is -2.25. The Kier molecular flexibility index (Phi) is 8.16. The minimum absolute atomic E-state index is 0.0697. The van der Waals surface area contributed by atoms with E-state index < -0.39 is 5.25 Å². The molecule has 0 bridgehead atoms. The van der Waals surface area contributed by atoms with Crippen LogP contribution in [0.25, 0.3) is 0 Å². The summed E-state index contributed by atoms with van der Waals surface area (Å²) < 4.78 is 4.93. The number of nitriles is 1. The van der Waals surface area contributed by atoms with Crippen LogP contribution in [0, 0.1) is 11.3 Å². The predicted octanol–water partition coefficient (Wildman–Crippen LogP) is 4.91. The number of carbonyl (C=O) groups is 2. The molecule has 0 spiro atoms. The molecule has 7 nitrogen and oxygen atoms in total. The number of anilines is 1. The van der Waals surface area contributed by atoms with E-state index in [9.17, 15) is 14.9 Å². The van der Waals surface area contributed by atoms with Crippen LogP contribution in [-0.4, -0.2) is 33.7 Å². The van der Waals surface area contributed by atoms with E-state index in [2.05, 4.69) is 40.6 Å². The van der Waals surface area contributed by atoms with E-state index in [0.717, 1.165) is 30.5 Å². The Bertz CT molecular complexity index is 1250. The number of hydrogen-bond acceptors (Lipinski definition) is 8. The van der Waals surface area contributed by atoms with Crippen LogP contribution in [-0.2, 0) is 33.6 Å². The van der Waals surface area contributed by atoms with Crippen molar-refractivity contribution in [2.45, 2.75) is 55.7 Å². The first-order valence-electron chi connectivity index (χ1n) is 11.5. The minimum Gasteiger partial charge on any atom is -0.466 e. The molecule has 2 unspecified atom stereocenters. The van der Waals surface area contributed by atoms with Crippen LogP contribution in [0.2, 0.25) is 0 Å². The summed E-state index contributed by atoms with van der Waals surface area (Å²) in [6, 6.07) is 14.6. The molecule has 2 atom stereocenters. The Hall–Kier alpha value is -3.22. The maximum atomic E-state index is 12.8. The summed E-state index contributed by atoms with van der Waals surface area (Å²) in [6.07, 6.45) is 2.78. The van der Waals surface area contributed by atoms with E-state index in [1.807, 2.05) is 12.1 Å². The number of aryl methyl sites for hydroxylation is 1. The number of pyridine rings is 1. The number of thioether (sulfide) groups is 1. The largest absolute Gasteiger partial charge is 0.466 e. The topological polar surface area (TPSA) is 105 Å². The maximum absolute atomic E-state index is 12.8. The Labute approximate surface area is 213 Å². The van der Waals surface area contributed by atoms with Gasteiger partial charge in [0, 0.05) is 11.1 Å². The molecule has 0 aliphatic heterocycles. The van der Waals surface area contributed by atoms with Gasteiger partial charge >= 0.3 is 5.97 Å². The van der Waals surface area contributed by atoms with E-state index in [-0.39, 0.29) is 18.3 Å². The zero-order chi connectivity index (χ0) is 24.8. The van der Waals surface area contributed by atoms with Gasteiger partial charge in [-0.2, -0.15) is 5.26 Å². The summed E-state index contributed by atoms with van der Waals surface area (Å²) in [7, 11) is 0. The molecule has 35 heavy (non-hydrogen) atoms. The van der Waals surface area contributed by atoms with Crippen LogP contribution in [0.3, 0.4) is 0 Å². The molecule has 0 saturated heterocycles. The van der Waals surface area contributed by atoms with Gasteiger partial charge in [0.05, 0.1) is 29.5 Å². The number of ether oxygens (including phenoxy) is 1. The van der Waals surface area contributed by atoms with Crippen molar-refractivity contribution in [3.05, 3.63) is 69.9 Å². The molecule has 1 amide bonds. The molecular formula is C26H26N4O3S2. The van der Waals surface area contributed by atoms with E-state index in [1.54, 1.807) is 19.2 Å². The van der Waals surface area contributed by atoms with Crippen molar-refractivity contribution in [1.29, 1.82) is 5.26 Å². The lowest BCUT2D eigenvalue weighted by atomic mass is 9.82. The van der Waals surface area contributed by atoms with Crippen LogP contribution in [0.1, 0.15) is 54.3 Å². The van der Waals surface area contributed by atoms with Gasteiger partial charge in [-0.3, -0.25) is 9.59 Å². The second kappa shape index (κ2) is 11.5. The Morgan fingerprint density at radius 2 is 2.11 bits per heavy atom. The second-order valence-electron chi connectivity index (χ2n) is 8.28. The monoisotopic (exact) mass is 506 g/mol. The Morgan fingerprint density at radius 3 is 2.86 bits per heavy atom. The number of rotatable bonds is 8. The van der Waals surface area contributed by atoms with Crippen LogP contribution >= 0.6 is 23.1 Å². The molecule has 1 aromatic carbocycles. The number of nitrogens with one attached hydrogen (secondary N) is 1. The van der Waals surface area contributed by atoms with E-state index in [0.29, 0.717) is 33.9 Å². The molecule has 4 rings (SSSR count). The first-order chi connectivity index (χ1) is 17.0. The summed E-state index contributed by atoms with van der Waals surface area (Å²) in [6.45, 7) is 3.84. The summed E-state index contributed by atoms with van der Waals surface area (Å²) in [5.74, 6) is -0.163. The van der Waals surface area contributed by atoms with E-state index in [1.165, 1.54) is 28.7 Å². The summed E-state index contributed by atoms with van der Waals surface area (Å²) >= 11 is 2.53. The number of nitrogens with zero attached hydrogens (tertiary/aromatic N) is 3. The molecule has 0 fully saturated rings. The van der Waals surface area contributed by atoms with Crippen LogP contribution in [0.4, 0.5) is 5.13 Å². The first-order valence-corrected chi connectivity index (χ1v) is 13.3. The normalized spacial score (nSPS) is 15.5. The minimum atomic E-state index is -0.481. The summed E-state index contributed by atoms with van der Waals surface area (Å²) in [5.41, 5.74) is 4.48. The Morgan fingerprint density at radius 1 is 1.31 bits per heavy atom. The molecule has 1 aliphatic carbocycles. The number of amides is 1. The van der Waals surface area contributed by atoms with Crippen molar-refractivity contribution >= 4 is 40.1 Å². The molecule has 1 aliphatic rings. The third-order valence-electron chi connectivity index (χ3n) is 5.81. The molecule has 1 N–H and O–H groups in total. The van der Waals surface area contributed by atoms with Crippen molar-refractivity contribution in [3.63, 3.8) is 0 Å². The average molecular weight is 507 g/mol.